The molecule has 1 saturated heterocycles. The van der Waals surface area contributed by atoms with Gasteiger partial charge in [0.05, 0.1) is 6.42 Å². The van der Waals surface area contributed by atoms with Crippen molar-refractivity contribution < 1.29 is 4.79 Å². The molecule has 1 aromatic carbocycles. The SMILES string of the molecule is Cc1ccc(C)c(CC(=O)N2CCN(CCBr)CC2)c1. The number of carbonyl (C=O) groups excluding carboxylic acids is 1. The molecule has 0 aliphatic carbocycles. The zero-order chi connectivity index (χ0) is 14.5. The maximum Gasteiger partial charge on any atom is 0.227 e. The van der Waals surface area contributed by atoms with Gasteiger partial charge in [-0.05, 0) is 25.0 Å². The number of halogens is 1. The van der Waals surface area contributed by atoms with Gasteiger partial charge in [-0.3, -0.25) is 9.69 Å². The smallest absolute Gasteiger partial charge is 0.227 e. The number of hydrogen-bond donors (Lipinski definition) is 0. The van der Waals surface area contributed by atoms with Crippen LogP contribution in [0.3, 0.4) is 0 Å². The number of alkyl halides is 1. The predicted molar refractivity (Wildman–Crippen MR) is 86.4 cm³/mol. The Bertz CT molecular complexity index is 468. The van der Waals surface area contributed by atoms with Crippen LogP contribution in [0, 0.1) is 13.8 Å². The van der Waals surface area contributed by atoms with Gasteiger partial charge in [0.1, 0.15) is 0 Å². The van der Waals surface area contributed by atoms with Crippen LogP contribution in [0.1, 0.15) is 16.7 Å². The summed E-state index contributed by atoms with van der Waals surface area (Å²) >= 11 is 3.47. The zero-order valence-electron chi connectivity index (χ0n) is 12.4. The molecule has 0 N–H and O–H groups in total. The van der Waals surface area contributed by atoms with E-state index < -0.39 is 0 Å². The van der Waals surface area contributed by atoms with Gasteiger partial charge in [-0.25, -0.2) is 0 Å². The van der Waals surface area contributed by atoms with E-state index in [0.717, 1.165) is 43.6 Å². The number of benzene rings is 1. The molecule has 0 radical (unpaired) electrons. The monoisotopic (exact) mass is 338 g/mol. The van der Waals surface area contributed by atoms with Crippen LogP contribution in [-0.2, 0) is 11.2 Å². The van der Waals surface area contributed by atoms with E-state index in [0.29, 0.717) is 6.42 Å². The minimum Gasteiger partial charge on any atom is -0.340 e. The highest BCUT2D eigenvalue weighted by molar-refractivity contribution is 9.09. The molecule has 1 heterocycles. The number of aryl methyl sites for hydroxylation is 2. The zero-order valence-corrected chi connectivity index (χ0v) is 13.9. The van der Waals surface area contributed by atoms with Crippen LogP contribution in [0.4, 0.5) is 0 Å². The van der Waals surface area contributed by atoms with Crippen molar-refractivity contribution in [3.05, 3.63) is 34.9 Å². The van der Waals surface area contributed by atoms with E-state index in [-0.39, 0.29) is 5.91 Å². The Balaban J connectivity index is 1.91. The molecule has 0 bridgehead atoms. The molecule has 1 fully saturated rings. The van der Waals surface area contributed by atoms with E-state index in [1.165, 1.54) is 11.1 Å². The number of carbonyl (C=O) groups is 1. The molecule has 1 amide bonds. The van der Waals surface area contributed by atoms with Crippen LogP contribution >= 0.6 is 15.9 Å². The molecule has 1 aliphatic rings. The largest absolute Gasteiger partial charge is 0.340 e. The Kier molecular flexibility index (Phi) is 5.61. The highest BCUT2D eigenvalue weighted by Crippen LogP contribution is 2.13. The van der Waals surface area contributed by atoms with Crippen LogP contribution in [0.2, 0.25) is 0 Å². The number of amides is 1. The first-order valence-electron chi connectivity index (χ1n) is 7.22. The summed E-state index contributed by atoms with van der Waals surface area (Å²) in [5.41, 5.74) is 3.60. The van der Waals surface area contributed by atoms with Crippen molar-refractivity contribution >= 4 is 21.8 Å². The molecule has 20 heavy (non-hydrogen) atoms. The molecule has 0 saturated carbocycles. The first-order valence-corrected chi connectivity index (χ1v) is 8.34. The van der Waals surface area contributed by atoms with E-state index in [1.54, 1.807) is 0 Å². The minimum absolute atomic E-state index is 0.261. The fourth-order valence-corrected chi connectivity index (χ4v) is 3.11. The predicted octanol–water partition coefficient (Wildman–Crippen LogP) is 2.39. The summed E-state index contributed by atoms with van der Waals surface area (Å²) < 4.78 is 0. The maximum atomic E-state index is 12.4. The average Bonchev–Trinajstić information content (AvgIpc) is 2.44. The molecular formula is C16H23BrN2O. The van der Waals surface area contributed by atoms with Gasteiger partial charge in [-0.15, -0.1) is 0 Å². The average molecular weight is 339 g/mol. The Labute approximate surface area is 130 Å². The summed E-state index contributed by atoms with van der Waals surface area (Å²) in [6.07, 6.45) is 0.534. The topological polar surface area (TPSA) is 23.6 Å². The summed E-state index contributed by atoms with van der Waals surface area (Å²) in [7, 11) is 0. The molecule has 4 heteroatoms. The number of hydrogen-bond acceptors (Lipinski definition) is 2. The Hall–Kier alpha value is -0.870. The van der Waals surface area contributed by atoms with Gasteiger partial charge in [0.25, 0.3) is 0 Å². The standard InChI is InChI=1S/C16H23BrN2O/c1-13-3-4-14(2)15(11-13)12-16(20)19-9-7-18(6-5-17)8-10-19/h3-4,11H,5-10,12H2,1-2H3. The van der Waals surface area contributed by atoms with Gasteiger partial charge in [0, 0.05) is 38.1 Å². The van der Waals surface area contributed by atoms with Crippen LogP contribution in [0.5, 0.6) is 0 Å². The second kappa shape index (κ2) is 7.23. The molecule has 0 spiro atoms. The Morgan fingerprint density at radius 3 is 2.55 bits per heavy atom. The van der Waals surface area contributed by atoms with E-state index >= 15 is 0 Å². The second-order valence-electron chi connectivity index (χ2n) is 5.52. The number of nitrogens with zero attached hydrogens (tertiary/aromatic N) is 2. The van der Waals surface area contributed by atoms with Gasteiger partial charge >= 0.3 is 0 Å². The summed E-state index contributed by atoms with van der Waals surface area (Å²) in [5.74, 6) is 0.261. The number of rotatable bonds is 4. The molecule has 1 aromatic rings. The molecule has 2 rings (SSSR count). The fourth-order valence-electron chi connectivity index (χ4n) is 2.61. The van der Waals surface area contributed by atoms with E-state index in [9.17, 15) is 4.79 Å². The lowest BCUT2D eigenvalue weighted by Crippen LogP contribution is -2.49. The van der Waals surface area contributed by atoms with Crippen molar-refractivity contribution in [3.8, 4) is 0 Å². The van der Waals surface area contributed by atoms with E-state index in [4.69, 9.17) is 0 Å². The highest BCUT2D eigenvalue weighted by atomic mass is 79.9. The van der Waals surface area contributed by atoms with Crippen LogP contribution in [0.15, 0.2) is 18.2 Å². The third kappa shape index (κ3) is 4.06. The summed E-state index contributed by atoms with van der Waals surface area (Å²) in [6.45, 7) is 8.92. The van der Waals surface area contributed by atoms with Crippen molar-refractivity contribution in [2.45, 2.75) is 20.3 Å². The maximum absolute atomic E-state index is 12.4. The molecule has 1 aliphatic heterocycles. The third-order valence-corrected chi connectivity index (χ3v) is 4.33. The summed E-state index contributed by atoms with van der Waals surface area (Å²) in [5, 5.41) is 1.00. The van der Waals surface area contributed by atoms with E-state index in [2.05, 4.69) is 52.9 Å². The summed E-state index contributed by atoms with van der Waals surface area (Å²) in [6, 6.07) is 6.34. The summed E-state index contributed by atoms with van der Waals surface area (Å²) in [4.78, 5) is 16.8. The normalized spacial score (nSPS) is 16.4. The van der Waals surface area contributed by atoms with Crippen LogP contribution in [0.25, 0.3) is 0 Å². The van der Waals surface area contributed by atoms with Gasteiger partial charge in [-0.1, -0.05) is 39.7 Å². The van der Waals surface area contributed by atoms with Crippen molar-refractivity contribution in [2.75, 3.05) is 38.1 Å². The number of piperazine rings is 1. The Morgan fingerprint density at radius 1 is 1.20 bits per heavy atom. The highest BCUT2D eigenvalue weighted by Gasteiger charge is 2.21. The molecule has 0 unspecified atom stereocenters. The van der Waals surface area contributed by atoms with Crippen LogP contribution < -0.4 is 0 Å². The molecule has 0 aromatic heterocycles. The lowest BCUT2D eigenvalue weighted by molar-refractivity contribution is -0.132. The van der Waals surface area contributed by atoms with Gasteiger partial charge in [0.15, 0.2) is 0 Å². The molecule has 0 atom stereocenters. The van der Waals surface area contributed by atoms with Gasteiger partial charge in [-0.2, -0.15) is 0 Å². The van der Waals surface area contributed by atoms with E-state index in [1.807, 2.05) is 4.90 Å². The first-order chi connectivity index (χ1) is 9.60. The van der Waals surface area contributed by atoms with Crippen LogP contribution in [-0.4, -0.2) is 53.8 Å². The lowest BCUT2D eigenvalue weighted by atomic mass is 10.0. The van der Waals surface area contributed by atoms with Gasteiger partial charge < -0.3 is 4.90 Å². The lowest BCUT2D eigenvalue weighted by Gasteiger charge is -2.34. The molecule has 3 nitrogen and oxygen atoms in total. The fraction of sp³-hybridized carbons (Fsp3) is 0.562. The minimum atomic E-state index is 0.261. The Morgan fingerprint density at radius 2 is 1.90 bits per heavy atom. The molecule has 110 valence electrons. The second-order valence-corrected chi connectivity index (χ2v) is 6.31. The molecular weight excluding hydrogens is 316 g/mol. The quantitative estimate of drug-likeness (QED) is 0.787. The first kappa shape index (κ1) is 15.5. The van der Waals surface area contributed by atoms with Gasteiger partial charge in [0.2, 0.25) is 5.91 Å². The van der Waals surface area contributed by atoms with Crippen molar-refractivity contribution in [3.63, 3.8) is 0 Å². The third-order valence-electron chi connectivity index (χ3n) is 3.97. The van der Waals surface area contributed by atoms with Crippen molar-refractivity contribution in [1.29, 1.82) is 0 Å². The van der Waals surface area contributed by atoms with Crippen molar-refractivity contribution in [2.24, 2.45) is 0 Å². The van der Waals surface area contributed by atoms with Crippen molar-refractivity contribution in [1.82, 2.24) is 9.80 Å².